The summed E-state index contributed by atoms with van der Waals surface area (Å²) in [4.78, 5) is 2.44. The van der Waals surface area contributed by atoms with Crippen molar-refractivity contribution < 1.29 is 14.7 Å². The van der Waals surface area contributed by atoms with Crippen LogP contribution in [0.3, 0.4) is 0 Å². The van der Waals surface area contributed by atoms with E-state index in [2.05, 4.69) is 50.2 Å². The molecule has 0 radical (unpaired) electrons. The average Bonchev–Trinajstić information content (AvgIpc) is 2.99. The number of anilines is 1. The lowest BCUT2D eigenvalue weighted by molar-refractivity contribution is -1.02. The highest BCUT2D eigenvalue weighted by Gasteiger charge is 2.82. The minimum absolute atomic E-state index is 0.125. The van der Waals surface area contributed by atoms with Gasteiger partial charge in [-0.25, -0.2) is 0 Å². The fraction of sp³-hybridized carbons (Fsp3) is 0.714. The molecule has 7 unspecified atom stereocenters. The number of quaternary nitrogens is 1. The number of fused-ring (bicyclic) bond motifs is 2. The summed E-state index contributed by atoms with van der Waals surface area (Å²) in [5.41, 5.74) is 2.54. The third-order valence-corrected chi connectivity index (χ3v) is 9.39. The molecule has 1 aromatic carbocycles. The Hall–Kier alpha value is -1.10. The molecule has 6 aliphatic rings. The quantitative estimate of drug-likeness (QED) is 0.764. The van der Waals surface area contributed by atoms with Crippen molar-refractivity contribution in [1.29, 1.82) is 0 Å². The van der Waals surface area contributed by atoms with E-state index >= 15 is 0 Å². The maximum Gasteiger partial charge on any atom is 0.193 e. The molecule has 4 saturated heterocycles. The second-order valence-corrected chi connectivity index (χ2v) is 9.58. The first-order chi connectivity index (χ1) is 12.0. The Kier molecular flexibility index (Phi) is 2.54. The van der Waals surface area contributed by atoms with Crippen LogP contribution >= 0.6 is 0 Å². The van der Waals surface area contributed by atoms with Gasteiger partial charge in [0.05, 0.1) is 30.7 Å². The average molecular weight is 341 g/mol. The number of likely N-dealkylation sites (N-methyl/N-ethyl adjacent to an activating group) is 2. The maximum atomic E-state index is 11.7. The van der Waals surface area contributed by atoms with E-state index in [1.54, 1.807) is 0 Å². The standard InChI is InChI=1S/C21H29N2O2/c1-4-11-12-9-15-18-21(13-7-5-6-8-14(13)22(18)2)10-16(17(12)19(21)24)23(15,3)20(11)25/h5-8,11-12,15-20,24-25H,4,9-10H2,1-3H3/q+1/t11?,12-,15?,16-,17?,18?,19?,20+,21?,23?/m0/s1. The van der Waals surface area contributed by atoms with Gasteiger partial charge in [0.15, 0.2) is 6.23 Å². The Morgan fingerprint density at radius 3 is 2.76 bits per heavy atom. The van der Waals surface area contributed by atoms with Gasteiger partial charge in [-0.3, -0.25) is 4.48 Å². The molecule has 1 aliphatic carbocycles. The lowest BCUT2D eigenvalue weighted by atomic mass is 9.61. The van der Waals surface area contributed by atoms with Crippen LogP contribution in [0.2, 0.25) is 0 Å². The first kappa shape index (κ1) is 15.0. The van der Waals surface area contributed by atoms with Gasteiger partial charge in [0.25, 0.3) is 0 Å². The van der Waals surface area contributed by atoms with Crippen LogP contribution in [0.5, 0.6) is 0 Å². The van der Waals surface area contributed by atoms with Gasteiger partial charge in [-0.05, 0) is 24.0 Å². The molecule has 1 spiro atoms. The van der Waals surface area contributed by atoms with Gasteiger partial charge in [0.2, 0.25) is 0 Å². The van der Waals surface area contributed by atoms with Gasteiger partial charge in [0.1, 0.15) is 6.04 Å². The molecule has 2 N–H and O–H groups in total. The summed E-state index contributed by atoms with van der Waals surface area (Å²) in [6.45, 7) is 2.21. The van der Waals surface area contributed by atoms with Crippen molar-refractivity contribution in [2.75, 3.05) is 19.0 Å². The molecule has 4 heteroatoms. The third kappa shape index (κ3) is 1.27. The molecule has 5 fully saturated rings. The normalized spacial score (nSPS) is 57.1. The summed E-state index contributed by atoms with van der Waals surface area (Å²) in [5, 5.41) is 23.1. The lowest BCUT2D eigenvalue weighted by Crippen LogP contribution is -2.81. The fourth-order valence-corrected chi connectivity index (χ4v) is 8.58. The van der Waals surface area contributed by atoms with Gasteiger partial charge in [-0.15, -0.1) is 0 Å². The third-order valence-electron chi connectivity index (χ3n) is 9.39. The van der Waals surface area contributed by atoms with Crippen molar-refractivity contribution in [3.05, 3.63) is 29.8 Å². The summed E-state index contributed by atoms with van der Waals surface area (Å²) in [6.07, 6.45) is 2.67. The van der Waals surface area contributed by atoms with Crippen molar-refractivity contribution in [1.82, 2.24) is 0 Å². The zero-order valence-electron chi connectivity index (χ0n) is 15.3. The van der Waals surface area contributed by atoms with Gasteiger partial charge in [-0.1, -0.05) is 25.1 Å². The molecule has 1 aromatic rings. The summed E-state index contributed by atoms with van der Waals surface area (Å²) >= 11 is 0. The number of aliphatic hydroxyl groups is 2. The van der Waals surface area contributed by atoms with Crippen molar-refractivity contribution in [3.63, 3.8) is 0 Å². The van der Waals surface area contributed by atoms with E-state index in [-0.39, 0.29) is 17.7 Å². The van der Waals surface area contributed by atoms with E-state index < -0.39 is 0 Å². The Bertz CT molecular complexity index is 768. The number of hydrogen-bond donors (Lipinski definition) is 2. The van der Waals surface area contributed by atoms with Crippen LogP contribution in [0, 0.1) is 17.8 Å². The van der Waals surface area contributed by atoms with E-state index in [4.69, 9.17) is 0 Å². The molecular formula is C21H29N2O2+. The molecular weight excluding hydrogens is 312 g/mol. The van der Waals surface area contributed by atoms with Crippen molar-refractivity contribution in [2.24, 2.45) is 17.8 Å². The minimum Gasteiger partial charge on any atom is -0.392 e. The van der Waals surface area contributed by atoms with Gasteiger partial charge >= 0.3 is 0 Å². The number of nitrogens with zero attached hydrogens (tertiary/aromatic N) is 2. The first-order valence-electron chi connectivity index (χ1n) is 10.0. The van der Waals surface area contributed by atoms with Crippen LogP contribution in [0.4, 0.5) is 5.69 Å². The van der Waals surface area contributed by atoms with Crippen molar-refractivity contribution in [2.45, 2.75) is 62.1 Å². The Labute approximate surface area is 149 Å². The molecule has 0 aromatic heterocycles. The highest BCUT2D eigenvalue weighted by atomic mass is 16.3. The molecule has 7 rings (SSSR count). The number of para-hydroxylation sites is 1. The molecule has 134 valence electrons. The summed E-state index contributed by atoms with van der Waals surface area (Å²) < 4.78 is 0.779. The summed E-state index contributed by atoms with van der Waals surface area (Å²) in [6, 6.07) is 9.87. The van der Waals surface area contributed by atoms with E-state index in [9.17, 15) is 10.2 Å². The van der Waals surface area contributed by atoms with Crippen molar-refractivity contribution in [3.8, 4) is 0 Å². The summed E-state index contributed by atoms with van der Waals surface area (Å²) in [5.74, 6) is 1.17. The SMILES string of the molecule is CCC1[C@@H]2CC3C4N(C)c5ccccc5C45C[C@@H](C2C5O)[N+]3(C)[C@@H]1O. The highest BCUT2D eigenvalue weighted by Crippen LogP contribution is 2.70. The van der Waals surface area contributed by atoms with Crippen LogP contribution in [0.1, 0.15) is 31.7 Å². The molecule has 1 saturated carbocycles. The monoisotopic (exact) mass is 341 g/mol. The zero-order chi connectivity index (χ0) is 17.3. The first-order valence-corrected chi connectivity index (χ1v) is 10.0. The number of piperidine rings is 4. The van der Waals surface area contributed by atoms with Gasteiger partial charge in [-0.2, -0.15) is 0 Å². The molecule has 4 nitrogen and oxygen atoms in total. The van der Waals surface area contributed by atoms with Gasteiger partial charge in [0, 0.05) is 37.4 Å². The zero-order valence-corrected chi connectivity index (χ0v) is 15.3. The van der Waals surface area contributed by atoms with E-state index in [1.165, 1.54) is 11.3 Å². The molecule has 0 amide bonds. The fourth-order valence-electron chi connectivity index (χ4n) is 8.58. The second-order valence-electron chi connectivity index (χ2n) is 9.58. The predicted octanol–water partition coefficient (Wildman–Crippen LogP) is 1.70. The molecule has 5 aliphatic heterocycles. The number of aliphatic hydroxyl groups excluding tert-OH is 2. The number of rotatable bonds is 1. The molecule has 10 atom stereocenters. The van der Waals surface area contributed by atoms with Crippen LogP contribution in [0.15, 0.2) is 24.3 Å². The summed E-state index contributed by atoms with van der Waals surface area (Å²) in [7, 11) is 4.51. The molecule has 5 heterocycles. The topological polar surface area (TPSA) is 43.7 Å². The Balaban J connectivity index is 1.63. The smallest absolute Gasteiger partial charge is 0.193 e. The lowest BCUT2D eigenvalue weighted by Gasteiger charge is -2.66. The van der Waals surface area contributed by atoms with Crippen LogP contribution in [0.25, 0.3) is 0 Å². The predicted molar refractivity (Wildman–Crippen MR) is 96.1 cm³/mol. The van der Waals surface area contributed by atoms with Crippen LogP contribution in [-0.4, -0.2) is 59.2 Å². The minimum atomic E-state index is -0.273. The van der Waals surface area contributed by atoms with Crippen LogP contribution in [-0.2, 0) is 5.41 Å². The number of benzene rings is 1. The molecule has 25 heavy (non-hydrogen) atoms. The molecule has 5 bridgehead atoms. The Morgan fingerprint density at radius 2 is 2.00 bits per heavy atom. The number of hydrogen-bond acceptors (Lipinski definition) is 3. The Morgan fingerprint density at radius 1 is 1.24 bits per heavy atom. The van der Waals surface area contributed by atoms with Crippen molar-refractivity contribution >= 4 is 5.69 Å². The highest BCUT2D eigenvalue weighted by molar-refractivity contribution is 5.66. The van der Waals surface area contributed by atoms with E-state index in [0.29, 0.717) is 35.9 Å². The largest absolute Gasteiger partial charge is 0.392 e. The van der Waals surface area contributed by atoms with E-state index in [1.807, 2.05) is 0 Å². The van der Waals surface area contributed by atoms with E-state index in [0.717, 1.165) is 23.7 Å². The van der Waals surface area contributed by atoms with Gasteiger partial charge < -0.3 is 15.1 Å². The van der Waals surface area contributed by atoms with Crippen LogP contribution < -0.4 is 4.90 Å². The maximum absolute atomic E-state index is 11.7. The second kappa shape index (κ2) is 4.24.